The van der Waals surface area contributed by atoms with Crippen molar-refractivity contribution in [2.45, 2.75) is 290 Å². The molecule has 0 saturated heterocycles. The molecule has 0 aliphatic carbocycles. The van der Waals surface area contributed by atoms with Gasteiger partial charge in [-0.05, 0) is 47.0 Å². The summed E-state index contributed by atoms with van der Waals surface area (Å²) in [5.74, 6) is 0. The number of amides is 1. The molecule has 0 radical (unpaired) electrons. The second kappa shape index (κ2) is 41.9. The number of hydrogen-bond donors (Lipinski definition) is 1. The summed E-state index contributed by atoms with van der Waals surface area (Å²) in [5, 5.41) is 3.01. The van der Waals surface area contributed by atoms with Crippen molar-refractivity contribution in [1.82, 2.24) is 5.32 Å². The third-order valence-electron chi connectivity index (χ3n) is 12.1. The molecule has 0 aromatic rings. The van der Waals surface area contributed by atoms with Crippen molar-refractivity contribution in [1.29, 1.82) is 0 Å². The van der Waals surface area contributed by atoms with Crippen LogP contribution >= 0.6 is 0 Å². The first-order valence-electron chi connectivity index (χ1n) is 25.4. The molecule has 0 bridgehead atoms. The zero-order chi connectivity index (χ0) is 42.0. The molecule has 0 heterocycles. The van der Waals surface area contributed by atoms with Gasteiger partial charge < -0.3 is 24.3 Å². The number of rotatable bonds is 46. The lowest BCUT2D eigenvalue weighted by atomic mass is 10.0. The van der Waals surface area contributed by atoms with Crippen molar-refractivity contribution in [2.24, 2.45) is 0 Å². The van der Waals surface area contributed by atoms with Crippen LogP contribution in [0.5, 0.6) is 0 Å². The fourth-order valence-corrected chi connectivity index (χ4v) is 7.63. The van der Waals surface area contributed by atoms with Crippen molar-refractivity contribution in [3.8, 4) is 0 Å². The predicted octanol–water partition coefficient (Wildman–Crippen LogP) is 16.4. The molecule has 0 saturated carbocycles. The van der Waals surface area contributed by atoms with Crippen LogP contribution in [0.4, 0.5) is 4.79 Å². The molecule has 1 unspecified atom stereocenters. The third kappa shape index (κ3) is 43.1. The number of nitrogens with one attached hydrogen (secondary N) is 1. The highest BCUT2D eigenvalue weighted by Gasteiger charge is 2.22. The molecule has 0 aliphatic rings. The minimum atomic E-state index is -0.365. The second-order valence-electron chi connectivity index (χ2n) is 18.8. The Bertz CT molecular complexity index is 779. The van der Waals surface area contributed by atoms with E-state index in [0.717, 1.165) is 32.3 Å². The van der Waals surface area contributed by atoms with E-state index in [1.165, 1.54) is 199 Å². The largest absolute Gasteiger partial charge is 0.449 e. The van der Waals surface area contributed by atoms with Crippen LogP contribution in [0.2, 0.25) is 0 Å². The maximum atomic E-state index is 12.6. The number of ether oxygens (including phenoxy) is 4. The average molecular weight is 810 g/mol. The van der Waals surface area contributed by atoms with E-state index < -0.39 is 0 Å². The van der Waals surface area contributed by atoms with Crippen molar-refractivity contribution < 1.29 is 23.7 Å². The summed E-state index contributed by atoms with van der Waals surface area (Å²) in [7, 11) is 1.73. The van der Waals surface area contributed by atoms with Gasteiger partial charge in [0.25, 0.3) is 0 Å². The Hall–Kier alpha value is -0.850. The van der Waals surface area contributed by atoms with Crippen LogP contribution in [0.3, 0.4) is 0 Å². The Balaban J connectivity index is 4.24. The van der Waals surface area contributed by atoms with Crippen molar-refractivity contribution >= 4 is 6.09 Å². The summed E-state index contributed by atoms with van der Waals surface area (Å²) in [6, 6.07) is 0. The van der Waals surface area contributed by atoms with Gasteiger partial charge in [0.05, 0.1) is 30.5 Å². The summed E-state index contributed by atoms with van der Waals surface area (Å²) in [6.45, 7) is 15.1. The summed E-state index contributed by atoms with van der Waals surface area (Å²) in [6.07, 6.45) is 47.6. The van der Waals surface area contributed by atoms with Gasteiger partial charge in [0.15, 0.2) is 0 Å². The van der Waals surface area contributed by atoms with Gasteiger partial charge in [-0.3, -0.25) is 0 Å². The summed E-state index contributed by atoms with van der Waals surface area (Å²) < 4.78 is 23.5. The lowest BCUT2D eigenvalue weighted by Crippen LogP contribution is -2.35. The van der Waals surface area contributed by atoms with Crippen LogP contribution in [0.1, 0.15) is 273 Å². The first-order valence-corrected chi connectivity index (χ1v) is 25.4. The molecular weight excluding hydrogens is 707 g/mol. The first kappa shape index (κ1) is 56.1. The quantitative estimate of drug-likeness (QED) is 0.0621. The van der Waals surface area contributed by atoms with Crippen LogP contribution < -0.4 is 5.32 Å². The lowest BCUT2D eigenvalue weighted by Gasteiger charge is -2.28. The molecule has 6 nitrogen and oxygen atoms in total. The number of carbonyl (C=O) groups is 1. The molecular formula is C51H103NO5. The molecule has 0 aliphatic heterocycles. The fraction of sp³-hybridized carbons (Fsp3) is 0.980. The summed E-state index contributed by atoms with van der Waals surface area (Å²) in [4.78, 5) is 12.6. The molecule has 6 heteroatoms. The van der Waals surface area contributed by atoms with Gasteiger partial charge in [-0.2, -0.15) is 0 Å². The van der Waals surface area contributed by atoms with Gasteiger partial charge in [0.1, 0.15) is 0 Å². The van der Waals surface area contributed by atoms with Gasteiger partial charge in [0.2, 0.25) is 0 Å². The SMILES string of the molecule is CCCCCCCCCCCCCCCCCCCC(CNC(=O)OCCC(C)(C)OCCC(C)(C)OC)OCCCCCCCCCCCCCCCCCC. The summed E-state index contributed by atoms with van der Waals surface area (Å²) >= 11 is 0. The normalized spacial score (nSPS) is 12.7. The van der Waals surface area contributed by atoms with E-state index in [1.807, 2.05) is 0 Å². The van der Waals surface area contributed by atoms with Crippen LogP contribution in [0.15, 0.2) is 0 Å². The number of unbranched alkanes of at least 4 members (excludes halogenated alkanes) is 31. The van der Waals surface area contributed by atoms with Crippen LogP contribution in [0.25, 0.3) is 0 Å². The Morgan fingerprint density at radius 1 is 0.456 bits per heavy atom. The van der Waals surface area contributed by atoms with Crippen LogP contribution in [0, 0.1) is 0 Å². The van der Waals surface area contributed by atoms with Crippen LogP contribution in [-0.2, 0) is 18.9 Å². The van der Waals surface area contributed by atoms with Crippen molar-refractivity contribution in [2.75, 3.05) is 33.5 Å². The molecule has 1 N–H and O–H groups in total. The van der Waals surface area contributed by atoms with Gasteiger partial charge in [-0.25, -0.2) is 4.79 Å². The number of methoxy groups -OCH3 is 1. The predicted molar refractivity (Wildman–Crippen MR) is 248 cm³/mol. The second-order valence-corrected chi connectivity index (χ2v) is 18.8. The van der Waals surface area contributed by atoms with E-state index in [-0.39, 0.29) is 23.4 Å². The van der Waals surface area contributed by atoms with E-state index in [1.54, 1.807) is 7.11 Å². The molecule has 0 fully saturated rings. The molecule has 0 aromatic heterocycles. The Kier molecular flexibility index (Phi) is 41.2. The lowest BCUT2D eigenvalue weighted by molar-refractivity contribution is -0.0663. The standard InChI is InChI=1S/C51H103NO5/c1-8-10-12-14-16-18-20-22-24-26-27-29-31-33-35-37-39-41-48(47-52-49(53)56-45-42-51(5,6)57-46-43-50(3,4)54-7)55-44-40-38-36-34-32-30-28-25-23-21-19-17-15-13-11-9-2/h48H,8-47H2,1-7H3,(H,52,53). The number of carbonyl (C=O) groups excluding carboxylic acids is 1. The highest BCUT2D eigenvalue weighted by Crippen LogP contribution is 2.20. The molecule has 0 rings (SSSR count). The fourth-order valence-electron chi connectivity index (χ4n) is 7.63. The van der Waals surface area contributed by atoms with E-state index in [2.05, 4.69) is 46.9 Å². The Morgan fingerprint density at radius 3 is 1.19 bits per heavy atom. The molecule has 1 amide bonds. The number of alkyl carbamates (subject to hydrolysis) is 1. The van der Waals surface area contributed by atoms with Gasteiger partial charge in [0, 0.05) is 26.7 Å². The maximum Gasteiger partial charge on any atom is 0.407 e. The van der Waals surface area contributed by atoms with Crippen LogP contribution in [-0.4, -0.2) is 56.9 Å². The molecule has 0 aromatic carbocycles. The average Bonchev–Trinajstić information content (AvgIpc) is 3.18. The minimum Gasteiger partial charge on any atom is -0.449 e. The van der Waals surface area contributed by atoms with E-state index in [9.17, 15) is 4.79 Å². The zero-order valence-corrected chi connectivity index (χ0v) is 39.9. The molecule has 1 atom stereocenters. The topological polar surface area (TPSA) is 66.0 Å². The molecule has 342 valence electrons. The number of hydrogen-bond acceptors (Lipinski definition) is 5. The van der Waals surface area contributed by atoms with E-state index in [0.29, 0.717) is 26.2 Å². The van der Waals surface area contributed by atoms with Gasteiger partial charge in [-0.15, -0.1) is 0 Å². The monoisotopic (exact) mass is 810 g/mol. The zero-order valence-electron chi connectivity index (χ0n) is 39.9. The van der Waals surface area contributed by atoms with E-state index in [4.69, 9.17) is 18.9 Å². The molecule has 57 heavy (non-hydrogen) atoms. The Labute approximate surface area is 357 Å². The van der Waals surface area contributed by atoms with Gasteiger partial charge in [-0.1, -0.05) is 219 Å². The Morgan fingerprint density at radius 2 is 0.807 bits per heavy atom. The van der Waals surface area contributed by atoms with Crippen molar-refractivity contribution in [3.63, 3.8) is 0 Å². The van der Waals surface area contributed by atoms with Crippen molar-refractivity contribution in [3.05, 3.63) is 0 Å². The highest BCUT2D eigenvalue weighted by molar-refractivity contribution is 5.67. The van der Waals surface area contributed by atoms with E-state index >= 15 is 0 Å². The molecule has 0 spiro atoms. The smallest absolute Gasteiger partial charge is 0.407 e. The minimum absolute atomic E-state index is 0.0501. The first-order chi connectivity index (χ1) is 27.7. The summed E-state index contributed by atoms with van der Waals surface area (Å²) in [5.41, 5.74) is -0.571. The maximum absolute atomic E-state index is 12.6. The third-order valence-corrected chi connectivity index (χ3v) is 12.1. The van der Waals surface area contributed by atoms with Gasteiger partial charge >= 0.3 is 6.09 Å². The highest BCUT2D eigenvalue weighted by atomic mass is 16.6.